The Labute approximate surface area is 202 Å². The predicted octanol–water partition coefficient (Wildman–Crippen LogP) is 3.36. The van der Waals surface area contributed by atoms with E-state index in [4.69, 9.17) is 24.4 Å². The Kier molecular flexibility index (Phi) is 10.7. The first-order chi connectivity index (χ1) is 15.7. The zero-order valence-electron chi connectivity index (χ0n) is 18.6. The van der Waals surface area contributed by atoms with Crippen molar-refractivity contribution in [1.29, 1.82) is 0 Å². The Balaban J connectivity index is 1.17. The largest absolute Gasteiger partial charge is 0.362 e. The van der Waals surface area contributed by atoms with Crippen molar-refractivity contribution in [2.24, 2.45) is 0 Å². The van der Waals surface area contributed by atoms with Crippen molar-refractivity contribution in [2.75, 3.05) is 63.0 Å². The van der Waals surface area contributed by atoms with E-state index >= 15 is 0 Å². The number of nitrogens with zero attached hydrogens (tertiary/aromatic N) is 2. The SMILES string of the molecule is S=C(NCCCN1CCN(CCCNC(=S)Nc2ccccc2)CC1)Nc1ccccc1. The first-order valence-corrected chi connectivity index (χ1v) is 12.2. The molecule has 32 heavy (non-hydrogen) atoms. The zero-order valence-corrected chi connectivity index (χ0v) is 20.2. The van der Waals surface area contributed by atoms with Crippen LogP contribution in [0.25, 0.3) is 0 Å². The first-order valence-electron chi connectivity index (χ1n) is 11.3. The smallest absolute Gasteiger partial charge is 0.170 e. The number of hydrogen-bond acceptors (Lipinski definition) is 4. The zero-order chi connectivity index (χ0) is 22.4. The molecule has 6 nitrogen and oxygen atoms in total. The summed E-state index contributed by atoms with van der Waals surface area (Å²) in [5.41, 5.74) is 2.04. The number of rotatable bonds is 10. The van der Waals surface area contributed by atoms with Crippen LogP contribution in [0.1, 0.15) is 12.8 Å². The molecule has 0 amide bonds. The van der Waals surface area contributed by atoms with Gasteiger partial charge in [0.25, 0.3) is 0 Å². The van der Waals surface area contributed by atoms with Crippen molar-refractivity contribution >= 4 is 46.0 Å². The highest BCUT2D eigenvalue weighted by atomic mass is 32.1. The van der Waals surface area contributed by atoms with Crippen molar-refractivity contribution in [3.8, 4) is 0 Å². The van der Waals surface area contributed by atoms with E-state index in [9.17, 15) is 0 Å². The van der Waals surface area contributed by atoms with Gasteiger partial charge in [-0.05, 0) is 74.6 Å². The Morgan fingerprint density at radius 1 is 0.625 bits per heavy atom. The number of hydrogen-bond donors (Lipinski definition) is 4. The molecule has 2 aromatic rings. The molecule has 0 aliphatic carbocycles. The average Bonchev–Trinajstić information content (AvgIpc) is 2.82. The van der Waals surface area contributed by atoms with E-state index in [1.165, 1.54) is 0 Å². The number of piperazine rings is 1. The summed E-state index contributed by atoms with van der Waals surface area (Å²) >= 11 is 10.7. The Morgan fingerprint density at radius 2 is 1.00 bits per heavy atom. The van der Waals surface area contributed by atoms with Gasteiger partial charge >= 0.3 is 0 Å². The summed E-state index contributed by atoms with van der Waals surface area (Å²) in [5.74, 6) is 0. The van der Waals surface area contributed by atoms with E-state index in [0.717, 1.165) is 76.6 Å². The molecule has 0 bridgehead atoms. The van der Waals surface area contributed by atoms with Crippen LogP contribution in [0.4, 0.5) is 11.4 Å². The van der Waals surface area contributed by atoms with Gasteiger partial charge in [-0.1, -0.05) is 36.4 Å². The highest BCUT2D eigenvalue weighted by Crippen LogP contribution is 2.06. The lowest BCUT2D eigenvalue weighted by molar-refractivity contribution is 0.131. The molecule has 0 radical (unpaired) electrons. The fourth-order valence-electron chi connectivity index (χ4n) is 3.64. The lowest BCUT2D eigenvalue weighted by Crippen LogP contribution is -2.47. The summed E-state index contributed by atoms with van der Waals surface area (Å²) in [6.07, 6.45) is 2.18. The Morgan fingerprint density at radius 3 is 1.38 bits per heavy atom. The summed E-state index contributed by atoms with van der Waals surface area (Å²) in [7, 11) is 0. The number of anilines is 2. The van der Waals surface area contributed by atoms with Crippen LogP contribution in [0.15, 0.2) is 60.7 Å². The van der Waals surface area contributed by atoms with Gasteiger partial charge in [-0.2, -0.15) is 0 Å². The maximum absolute atomic E-state index is 5.36. The van der Waals surface area contributed by atoms with Gasteiger partial charge in [0.05, 0.1) is 0 Å². The van der Waals surface area contributed by atoms with Crippen LogP contribution >= 0.6 is 24.4 Å². The molecule has 2 aromatic carbocycles. The fourth-order valence-corrected chi connectivity index (χ4v) is 4.08. The lowest BCUT2D eigenvalue weighted by Gasteiger charge is -2.34. The lowest BCUT2D eigenvalue weighted by atomic mass is 10.2. The van der Waals surface area contributed by atoms with Crippen LogP contribution in [0.2, 0.25) is 0 Å². The minimum absolute atomic E-state index is 0.688. The quantitative estimate of drug-likeness (QED) is 0.312. The summed E-state index contributed by atoms with van der Waals surface area (Å²) < 4.78 is 0. The molecular weight excluding hydrogens is 436 g/mol. The normalized spacial score (nSPS) is 14.5. The average molecular weight is 471 g/mol. The summed E-state index contributed by atoms with van der Waals surface area (Å²) in [4.78, 5) is 5.09. The van der Waals surface area contributed by atoms with Gasteiger partial charge in [-0.15, -0.1) is 0 Å². The summed E-state index contributed by atoms with van der Waals surface area (Å²) in [5, 5.41) is 14.4. The number of thiocarbonyl (C=S) groups is 2. The summed E-state index contributed by atoms with van der Waals surface area (Å²) in [6, 6.07) is 20.0. The summed E-state index contributed by atoms with van der Waals surface area (Å²) in [6.45, 7) is 8.53. The molecular formula is C24H34N6S2. The molecule has 0 atom stereocenters. The van der Waals surface area contributed by atoms with Gasteiger partial charge in [0.2, 0.25) is 0 Å². The van der Waals surface area contributed by atoms with Gasteiger partial charge in [0, 0.05) is 50.6 Å². The van der Waals surface area contributed by atoms with Gasteiger partial charge in [0.1, 0.15) is 0 Å². The van der Waals surface area contributed by atoms with Crippen LogP contribution in [0.3, 0.4) is 0 Å². The maximum atomic E-state index is 5.36. The number of nitrogens with one attached hydrogen (secondary N) is 4. The molecule has 1 heterocycles. The molecule has 1 saturated heterocycles. The first kappa shape index (κ1) is 24.4. The van der Waals surface area contributed by atoms with E-state index in [1.54, 1.807) is 0 Å². The van der Waals surface area contributed by atoms with Crippen LogP contribution in [0.5, 0.6) is 0 Å². The van der Waals surface area contributed by atoms with Crippen LogP contribution in [0, 0.1) is 0 Å². The third-order valence-electron chi connectivity index (χ3n) is 5.40. The molecule has 1 aliphatic heterocycles. The van der Waals surface area contributed by atoms with E-state index in [-0.39, 0.29) is 0 Å². The minimum Gasteiger partial charge on any atom is -0.362 e. The van der Waals surface area contributed by atoms with E-state index < -0.39 is 0 Å². The standard InChI is InChI=1S/C24H34N6S2/c31-23(27-21-9-3-1-4-10-21)25-13-7-15-29-17-19-30(20-18-29)16-8-14-26-24(32)28-22-11-5-2-6-12-22/h1-6,9-12H,7-8,13-20H2,(H2,25,27,31)(H2,26,28,32). The second-order valence-electron chi connectivity index (χ2n) is 7.88. The molecule has 0 unspecified atom stereocenters. The molecule has 3 rings (SSSR count). The molecule has 8 heteroatoms. The molecule has 172 valence electrons. The Hall–Kier alpha value is -2.26. The van der Waals surface area contributed by atoms with Gasteiger partial charge < -0.3 is 31.1 Å². The second-order valence-corrected chi connectivity index (χ2v) is 8.70. The maximum Gasteiger partial charge on any atom is 0.170 e. The van der Waals surface area contributed by atoms with Crippen molar-refractivity contribution in [3.63, 3.8) is 0 Å². The number of benzene rings is 2. The van der Waals surface area contributed by atoms with Crippen molar-refractivity contribution in [3.05, 3.63) is 60.7 Å². The van der Waals surface area contributed by atoms with Crippen LogP contribution in [-0.4, -0.2) is 72.4 Å². The predicted molar refractivity (Wildman–Crippen MR) is 143 cm³/mol. The van der Waals surface area contributed by atoms with Gasteiger partial charge in [0.15, 0.2) is 10.2 Å². The third-order valence-corrected chi connectivity index (χ3v) is 5.89. The third kappa shape index (κ3) is 9.48. The number of para-hydroxylation sites is 2. The monoisotopic (exact) mass is 470 g/mol. The van der Waals surface area contributed by atoms with Crippen molar-refractivity contribution in [2.45, 2.75) is 12.8 Å². The molecule has 0 saturated carbocycles. The van der Waals surface area contributed by atoms with Crippen molar-refractivity contribution in [1.82, 2.24) is 20.4 Å². The molecule has 1 aliphatic rings. The highest BCUT2D eigenvalue weighted by molar-refractivity contribution is 7.80. The fraction of sp³-hybridized carbons (Fsp3) is 0.417. The minimum atomic E-state index is 0.688. The topological polar surface area (TPSA) is 54.6 Å². The van der Waals surface area contributed by atoms with Crippen LogP contribution in [-0.2, 0) is 0 Å². The van der Waals surface area contributed by atoms with Gasteiger partial charge in [-0.3, -0.25) is 0 Å². The van der Waals surface area contributed by atoms with E-state index in [0.29, 0.717) is 10.2 Å². The molecule has 4 N–H and O–H groups in total. The molecule has 0 aromatic heterocycles. The van der Waals surface area contributed by atoms with E-state index in [1.807, 2.05) is 60.7 Å². The highest BCUT2D eigenvalue weighted by Gasteiger charge is 2.15. The second kappa shape index (κ2) is 14.0. The molecule has 0 spiro atoms. The van der Waals surface area contributed by atoms with E-state index in [2.05, 4.69) is 31.1 Å². The molecule has 1 fully saturated rings. The Bertz CT molecular complexity index is 740. The van der Waals surface area contributed by atoms with Crippen LogP contribution < -0.4 is 21.3 Å². The van der Waals surface area contributed by atoms with Crippen molar-refractivity contribution < 1.29 is 0 Å². The van der Waals surface area contributed by atoms with Gasteiger partial charge in [-0.25, -0.2) is 0 Å².